The molecule has 1 aromatic rings. The minimum Gasteiger partial charge on any atom is -0.305 e. The number of amides is 1. The van der Waals surface area contributed by atoms with Crippen LogP contribution in [-0.2, 0) is 21.4 Å². The van der Waals surface area contributed by atoms with Crippen LogP contribution in [-0.4, -0.2) is 33.3 Å². The highest BCUT2D eigenvalue weighted by Gasteiger charge is 2.17. The summed E-state index contributed by atoms with van der Waals surface area (Å²) in [5, 5.41) is 0. The smallest absolute Gasteiger partial charge is 0.264 e. The summed E-state index contributed by atoms with van der Waals surface area (Å²) in [7, 11) is 0.134. The summed E-state index contributed by atoms with van der Waals surface area (Å²) in [5.74, 6) is -0.432. The normalized spacial score (nSPS) is 11.7. The predicted molar refractivity (Wildman–Crippen MR) is 92.5 cm³/mol. The van der Waals surface area contributed by atoms with Crippen LogP contribution >= 0.6 is 0 Å². The van der Waals surface area contributed by atoms with Gasteiger partial charge in [0.25, 0.3) is 10.0 Å². The molecule has 0 fully saturated rings. The molecule has 0 aromatic heterocycles. The first-order chi connectivity index (χ1) is 10.8. The van der Waals surface area contributed by atoms with Crippen molar-refractivity contribution >= 4 is 15.9 Å². The molecule has 23 heavy (non-hydrogen) atoms. The first-order valence-corrected chi connectivity index (χ1v) is 9.63. The van der Waals surface area contributed by atoms with E-state index in [-0.39, 0.29) is 11.3 Å². The number of nitrogens with zero attached hydrogens (tertiary/aromatic N) is 1. The summed E-state index contributed by atoms with van der Waals surface area (Å²) in [5.41, 5.74) is 1.02. The molecule has 0 heterocycles. The Bertz CT molecular complexity index is 580. The molecule has 1 amide bonds. The number of hydrogen-bond acceptors (Lipinski definition) is 4. The van der Waals surface area contributed by atoms with Crippen LogP contribution in [0.25, 0.3) is 0 Å². The van der Waals surface area contributed by atoms with Gasteiger partial charge in [0.2, 0.25) is 5.91 Å². The molecule has 130 valence electrons. The quantitative estimate of drug-likeness (QED) is 0.665. The molecule has 0 atom stereocenters. The van der Waals surface area contributed by atoms with Gasteiger partial charge in [-0.3, -0.25) is 4.79 Å². The van der Waals surface area contributed by atoms with Crippen LogP contribution in [0.5, 0.6) is 0 Å². The second kappa shape index (κ2) is 9.67. The van der Waals surface area contributed by atoms with E-state index in [9.17, 15) is 13.2 Å². The van der Waals surface area contributed by atoms with Crippen molar-refractivity contribution in [3.8, 4) is 0 Å². The van der Waals surface area contributed by atoms with E-state index in [0.717, 1.165) is 44.2 Å². The van der Waals surface area contributed by atoms with Crippen LogP contribution in [0.4, 0.5) is 0 Å². The van der Waals surface area contributed by atoms with Gasteiger partial charge in [-0.25, -0.2) is 13.1 Å². The van der Waals surface area contributed by atoms with Crippen LogP contribution in [0.3, 0.4) is 0 Å². The first-order valence-electron chi connectivity index (χ1n) is 8.14. The molecule has 0 spiro atoms. The number of hydrogen-bond donors (Lipinski definition) is 1. The molecule has 1 rings (SSSR count). The first kappa shape index (κ1) is 19.6. The molecular formula is C17H28N2O3S. The summed E-state index contributed by atoms with van der Waals surface area (Å²) in [4.78, 5) is 13.9. The fourth-order valence-electron chi connectivity index (χ4n) is 2.29. The molecular weight excluding hydrogens is 312 g/mol. The number of sulfonamides is 1. The summed E-state index contributed by atoms with van der Waals surface area (Å²) in [6.07, 6.45) is 5.32. The van der Waals surface area contributed by atoms with Crippen molar-refractivity contribution in [2.45, 2.75) is 56.9 Å². The van der Waals surface area contributed by atoms with E-state index in [1.165, 1.54) is 12.1 Å². The average Bonchev–Trinajstić information content (AvgIpc) is 2.46. The maximum Gasteiger partial charge on any atom is 0.264 e. The van der Waals surface area contributed by atoms with Gasteiger partial charge in [0.1, 0.15) is 0 Å². The maximum atomic E-state index is 12.2. The highest BCUT2D eigenvalue weighted by molar-refractivity contribution is 7.90. The zero-order valence-electron chi connectivity index (χ0n) is 14.3. The highest BCUT2D eigenvalue weighted by atomic mass is 32.2. The Labute approximate surface area is 140 Å². The van der Waals surface area contributed by atoms with Crippen molar-refractivity contribution in [3.05, 3.63) is 29.8 Å². The Morgan fingerprint density at radius 2 is 1.65 bits per heavy atom. The van der Waals surface area contributed by atoms with Crippen LogP contribution in [0.2, 0.25) is 0 Å². The highest BCUT2D eigenvalue weighted by Crippen LogP contribution is 2.12. The molecule has 0 unspecified atom stereocenters. The number of carbonyl (C=O) groups is 1. The van der Waals surface area contributed by atoms with Crippen LogP contribution in [0.15, 0.2) is 29.2 Å². The van der Waals surface area contributed by atoms with Gasteiger partial charge in [-0.15, -0.1) is 0 Å². The minimum atomic E-state index is -3.77. The van der Waals surface area contributed by atoms with E-state index in [1.807, 2.05) is 19.0 Å². The SMILES string of the molecule is CCCCCCCC(=O)NS(=O)(=O)c1ccc(CN(C)C)cc1. The van der Waals surface area contributed by atoms with Crippen molar-refractivity contribution < 1.29 is 13.2 Å². The zero-order chi connectivity index (χ0) is 17.3. The van der Waals surface area contributed by atoms with E-state index in [0.29, 0.717) is 0 Å². The maximum absolute atomic E-state index is 12.2. The Morgan fingerprint density at radius 3 is 2.22 bits per heavy atom. The third-order valence-electron chi connectivity index (χ3n) is 3.49. The van der Waals surface area contributed by atoms with Crippen LogP contribution < -0.4 is 4.72 Å². The Hall–Kier alpha value is -1.40. The topological polar surface area (TPSA) is 66.5 Å². The van der Waals surface area contributed by atoms with Crippen LogP contribution in [0, 0.1) is 0 Å². The zero-order valence-corrected chi connectivity index (χ0v) is 15.2. The molecule has 0 saturated carbocycles. The molecule has 0 aliphatic rings. The Morgan fingerprint density at radius 1 is 1.04 bits per heavy atom. The summed E-state index contributed by atoms with van der Waals surface area (Å²) in [6, 6.07) is 6.61. The molecule has 0 aliphatic carbocycles. The van der Waals surface area contributed by atoms with Gasteiger partial charge in [0.15, 0.2) is 0 Å². The second-order valence-electron chi connectivity index (χ2n) is 6.07. The number of benzene rings is 1. The van der Waals surface area contributed by atoms with Gasteiger partial charge in [0, 0.05) is 13.0 Å². The van der Waals surface area contributed by atoms with Crippen molar-refractivity contribution in [1.29, 1.82) is 0 Å². The van der Waals surface area contributed by atoms with Crippen molar-refractivity contribution in [2.75, 3.05) is 14.1 Å². The summed E-state index contributed by atoms with van der Waals surface area (Å²) >= 11 is 0. The molecule has 0 aliphatic heterocycles. The number of rotatable bonds is 10. The molecule has 0 radical (unpaired) electrons. The lowest BCUT2D eigenvalue weighted by molar-refractivity contribution is -0.119. The Balaban J connectivity index is 2.53. The second-order valence-corrected chi connectivity index (χ2v) is 7.76. The average molecular weight is 340 g/mol. The van der Waals surface area contributed by atoms with E-state index in [4.69, 9.17) is 0 Å². The van der Waals surface area contributed by atoms with E-state index in [2.05, 4.69) is 11.6 Å². The van der Waals surface area contributed by atoms with E-state index in [1.54, 1.807) is 12.1 Å². The van der Waals surface area contributed by atoms with Gasteiger partial charge in [-0.2, -0.15) is 0 Å². The third-order valence-corrected chi connectivity index (χ3v) is 4.88. The number of unbranched alkanes of at least 4 members (excludes halogenated alkanes) is 4. The number of nitrogens with one attached hydrogen (secondary N) is 1. The van der Waals surface area contributed by atoms with Crippen molar-refractivity contribution in [2.24, 2.45) is 0 Å². The van der Waals surface area contributed by atoms with E-state index >= 15 is 0 Å². The van der Waals surface area contributed by atoms with Gasteiger partial charge in [-0.1, -0.05) is 44.7 Å². The molecule has 6 heteroatoms. The number of carbonyl (C=O) groups excluding carboxylic acids is 1. The van der Waals surface area contributed by atoms with E-state index < -0.39 is 15.9 Å². The predicted octanol–water partition coefficient (Wildman–Crippen LogP) is 2.91. The fourth-order valence-corrected chi connectivity index (χ4v) is 3.30. The van der Waals surface area contributed by atoms with Crippen LogP contribution in [0.1, 0.15) is 51.0 Å². The monoisotopic (exact) mass is 340 g/mol. The molecule has 1 N–H and O–H groups in total. The molecule has 5 nitrogen and oxygen atoms in total. The summed E-state index contributed by atoms with van der Waals surface area (Å²) in [6.45, 7) is 2.87. The van der Waals surface area contributed by atoms with Crippen molar-refractivity contribution in [3.63, 3.8) is 0 Å². The van der Waals surface area contributed by atoms with Gasteiger partial charge in [-0.05, 0) is 38.2 Å². The Kier molecular flexibility index (Phi) is 8.26. The minimum absolute atomic E-state index is 0.124. The van der Waals surface area contributed by atoms with Gasteiger partial charge in [0.05, 0.1) is 4.90 Å². The third kappa shape index (κ3) is 7.61. The largest absolute Gasteiger partial charge is 0.305 e. The lowest BCUT2D eigenvalue weighted by atomic mass is 10.1. The van der Waals surface area contributed by atoms with Gasteiger partial charge < -0.3 is 4.90 Å². The fraction of sp³-hybridized carbons (Fsp3) is 0.588. The summed E-state index contributed by atoms with van der Waals surface area (Å²) < 4.78 is 26.5. The lowest BCUT2D eigenvalue weighted by Gasteiger charge is -2.11. The molecule has 0 bridgehead atoms. The van der Waals surface area contributed by atoms with Gasteiger partial charge >= 0.3 is 0 Å². The van der Waals surface area contributed by atoms with Crippen molar-refractivity contribution in [1.82, 2.24) is 9.62 Å². The lowest BCUT2D eigenvalue weighted by Crippen LogP contribution is -2.30. The standard InChI is InChI=1S/C17H28N2O3S/c1-4-5-6-7-8-9-17(20)18-23(21,22)16-12-10-15(11-13-16)14-19(2)3/h10-13H,4-9,14H2,1-3H3,(H,18,20). The molecule has 1 aromatic carbocycles. The molecule has 0 saturated heterocycles.